The third-order valence-electron chi connectivity index (χ3n) is 6.21. The minimum Gasteiger partial charge on any atom is -0.317 e. The molecular formula is C22H34N8O2S3. The highest BCUT2D eigenvalue weighted by molar-refractivity contribution is 7.99. The summed E-state index contributed by atoms with van der Waals surface area (Å²) in [7, 11) is 0. The van der Waals surface area contributed by atoms with E-state index in [-0.39, 0.29) is 11.8 Å². The van der Waals surface area contributed by atoms with Crippen molar-refractivity contribution >= 4 is 56.5 Å². The molecule has 192 valence electrons. The van der Waals surface area contributed by atoms with Crippen LogP contribution in [-0.2, 0) is 22.4 Å². The summed E-state index contributed by atoms with van der Waals surface area (Å²) in [5.74, 6) is 2.84. The van der Waals surface area contributed by atoms with Crippen molar-refractivity contribution < 1.29 is 9.59 Å². The van der Waals surface area contributed by atoms with E-state index in [2.05, 4.69) is 41.7 Å². The van der Waals surface area contributed by atoms with Gasteiger partial charge in [0.1, 0.15) is 10.0 Å². The lowest BCUT2D eigenvalue weighted by Gasteiger charge is -2.21. The molecule has 2 aliphatic rings. The highest BCUT2D eigenvalue weighted by Crippen LogP contribution is 2.22. The van der Waals surface area contributed by atoms with Crippen LogP contribution in [0.3, 0.4) is 0 Å². The maximum Gasteiger partial charge on any atom is 0.226 e. The van der Waals surface area contributed by atoms with Crippen LogP contribution in [0.25, 0.3) is 0 Å². The zero-order valence-corrected chi connectivity index (χ0v) is 22.3. The van der Waals surface area contributed by atoms with Crippen molar-refractivity contribution in [3.8, 4) is 0 Å². The fourth-order valence-corrected chi connectivity index (χ4v) is 6.92. The second kappa shape index (κ2) is 14.2. The third kappa shape index (κ3) is 9.37. The van der Waals surface area contributed by atoms with Crippen molar-refractivity contribution in [1.82, 2.24) is 31.0 Å². The zero-order chi connectivity index (χ0) is 24.3. The first-order chi connectivity index (χ1) is 17.1. The van der Waals surface area contributed by atoms with Crippen LogP contribution in [0.4, 0.5) is 10.3 Å². The van der Waals surface area contributed by atoms with Crippen LogP contribution in [0, 0.1) is 11.8 Å². The largest absolute Gasteiger partial charge is 0.317 e. The molecule has 0 bridgehead atoms. The third-order valence-corrected chi connectivity index (χ3v) is 9.00. The summed E-state index contributed by atoms with van der Waals surface area (Å²) in [6, 6.07) is 0. The van der Waals surface area contributed by atoms with Crippen LogP contribution >= 0.6 is 34.4 Å². The van der Waals surface area contributed by atoms with Gasteiger partial charge >= 0.3 is 0 Å². The number of hydrogen-bond donors (Lipinski definition) is 4. The monoisotopic (exact) mass is 538 g/mol. The summed E-state index contributed by atoms with van der Waals surface area (Å²) in [5, 5.41) is 32.2. The quantitative estimate of drug-likeness (QED) is 0.301. The van der Waals surface area contributed by atoms with E-state index in [1.807, 2.05) is 11.8 Å². The Morgan fingerprint density at radius 1 is 0.743 bits per heavy atom. The molecule has 0 saturated carbocycles. The summed E-state index contributed by atoms with van der Waals surface area (Å²) in [6.45, 7) is 3.98. The van der Waals surface area contributed by atoms with E-state index in [0.717, 1.165) is 86.2 Å². The normalized spacial score (nSPS) is 17.4. The first-order valence-corrected chi connectivity index (χ1v) is 15.2. The Bertz CT molecular complexity index is 867. The average Bonchev–Trinajstić information content (AvgIpc) is 3.49. The van der Waals surface area contributed by atoms with Gasteiger partial charge in [0.15, 0.2) is 0 Å². The molecule has 13 heteroatoms. The molecule has 35 heavy (non-hydrogen) atoms. The lowest BCUT2D eigenvalue weighted by atomic mass is 9.94. The van der Waals surface area contributed by atoms with Crippen molar-refractivity contribution in [2.24, 2.45) is 11.8 Å². The second-order valence-electron chi connectivity index (χ2n) is 9.01. The summed E-state index contributed by atoms with van der Waals surface area (Å²) in [6.07, 6.45) is 6.97. The number of aromatic nitrogens is 4. The number of nitrogens with zero attached hydrogens (tertiary/aromatic N) is 4. The lowest BCUT2D eigenvalue weighted by molar-refractivity contribution is -0.118. The number of hydrogen-bond acceptors (Lipinski definition) is 11. The molecule has 4 rings (SSSR count). The van der Waals surface area contributed by atoms with Gasteiger partial charge in [0, 0.05) is 25.7 Å². The number of piperidine rings is 2. The Labute approximate surface area is 218 Å². The zero-order valence-electron chi connectivity index (χ0n) is 19.9. The van der Waals surface area contributed by atoms with Gasteiger partial charge in [-0.1, -0.05) is 22.7 Å². The van der Waals surface area contributed by atoms with Crippen molar-refractivity contribution in [3.63, 3.8) is 0 Å². The van der Waals surface area contributed by atoms with E-state index in [4.69, 9.17) is 0 Å². The van der Waals surface area contributed by atoms with Gasteiger partial charge in [-0.15, -0.1) is 20.4 Å². The molecule has 0 aliphatic carbocycles. The maximum absolute atomic E-state index is 12.2. The van der Waals surface area contributed by atoms with Crippen LogP contribution in [0.5, 0.6) is 0 Å². The SMILES string of the molecule is O=C(CC1CCNCC1)Nc1nnc(CCSCCc2nnc(NC(=O)CC3CCNCC3)s2)s1. The molecular weight excluding hydrogens is 504 g/mol. The lowest BCUT2D eigenvalue weighted by Crippen LogP contribution is -2.30. The minimum atomic E-state index is 0.0351. The summed E-state index contributed by atoms with van der Waals surface area (Å²) < 4.78 is 0. The smallest absolute Gasteiger partial charge is 0.226 e. The van der Waals surface area contributed by atoms with Gasteiger partial charge in [-0.05, 0) is 75.2 Å². The average molecular weight is 539 g/mol. The van der Waals surface area contributed by atoms with Crippen LogP contribution in [0.1, 0.15) is 48.5 Å². The number of nitrogens with one attached hydrogen (secondary N) is 4. The van der Waals surface area contributed by atoms with Crippen molar-refractivity contribution in [1.29, 1.82) is 0 Å². The van der Waals surface area contributed by atoms with Gasteiger partial charge in [0.05, 0.1) is 0 Å². The molecule has 2 aromatic rings. The summed E-state index contributed by atoms with van der Waals surface area (Å²) >= 11 is 4.74. The topological polar surface area (TPSA) is 134 Å². The van der Waals surface area contributed by atoms with Gasteiger partial charge in [-0.25, -0.2) is 0 Å². The van der Waals surface area contributed by atoms with Crippen molar-refractivity contribution in [2.75, 3.05) is 48.3 Å². The Morgan fingerprint density at radius 3 is 1.60 bits per heavy atom. The predicted octanol–water partition coefficient (Wildman–Crippen LogP) is 2.56. The number of carbonyl (C=O) groups excluding carboxylic acids is 2. The van der Waals surface area contributed by atoms with E-state index in [1.54, 1.807) is 0 Å². The van der Waals surface area contributed by atoms with Gasteiger partial charge in [-0.3, -0.25) is 9.59 Å². The number of amides is 2. The summed E-state index contributed by atoms with van der Waals surface area (Å²) in [4.78, 5) is 24.5. The van der Waals surface area contributed by atoms with Gasteiger partial charge in [0.25, 0.3) is 0 Å². The van der Waals surface area contributed by atoms with Crippen LogP contribution in [0.2, 0.25) is 0 Å². The first kappa shape index (κ1) is 26.4. The molecule has 0 aromatic carbocycles. The molecule has 4 N–H and O–H groups in total. The Morgan fingerprint density at radius 2 is 1.17 bits per heavy atom. The van der Waals surface area contributed by atoms with Crippen molar-refractivity contribution in [2.45, 2.75) is 51.4 Å². The first-order valence-electron chi connectivity index (χ1n) is 12.4. The molecule has 0 radical (unpaired) electrons. The van der Waals surface area contributed by atoms with Gasteiger partial charge < -0.3 is 21.3 Å². The molecule has 10 nitrogen and oxygen atoms in total. The molecule has 2 aliphatic heterocycles. The fraction of sp³-hybridized carbons (Fsp3) is 0.727. The van der Waals surface area contributed by atoms with E-state index in [0.29, 0.717) is 34.9 Å². The second-order valence-corrected chi connectivity index (χ2v) is 12.4. The van der Waals surface area contributed by atoms with Crippen LogP contribution < -0.4 is 21.3 Å². The molecule has 0 spiro atoms. The number of rotatable bonds is 12. The van der Waals surface area contributed by atoms with Crippen LogP contribution in [-0.4, -0.2) is 69.9 Å². The Kier molecular flexibility index (Phi) is 10.7. The number of aryl methyl sites for hydroxylation is 2. The Balaban J connectivity index is 1.08. The van der Waals surface area contributed by atoms with E-state index < -0.39 is 0 Å². The van der Waals surface area contributed by atoms with Gasteiger partial charge in [-0.2, -0.15) is 11.8 Å². The number of anilines is 2. The highest BCUT2D eigenvalue weighted by Gasteiger charge is 2.19. The minimum absolute atomic E-state index is 0.0351. The van der Waals surface area contributed by atoms with Crippen molar-refractivity contribution in [3.05, 3.63) is 10.0 Å². The Hall–Kier alpha value is -1.67. The molecule has 2 saturated heterocycles. The number of thioether (sulfide) groups is 1. The van der Waals surface area contributed by atoms with E-state index in [1.165, 1.54) is 22.7 Å². The van der Waals surface area contributed by atoms with E-state index >= 15 is 0 Å². The maximum atomic E-state index is 12.2. The standard InChI is InChI=1S/C22H34N8O2S3/c31-17(13-15-1-7-23-8-2-15)25-21-29-27-19(34-21)5-11-33-12-6-20-28-30-22(35-20)26-18(32)14-16-3-9-24-10-4-16/h15-16,23-24H,1-14H2,(H,25,29,31)(H,26,30,32). The number of carbonyl (C=O) groups is 2. The predicted molar refractivity (Wildman–Crippen MR) is 142 cm³/mol. The fourth-order valence-electron chi connectivity index (χ4n) is 4.27. The molecule has 2 fully saturated rings. The molecule has 4 heterocycles. The van der Waals surface area contributed by atoms with E-state index in [9.17, 15) is 9.59 Å². The molecule has 0 atom stereocenters. The molecule has 2 aromatic heterocycles. The molecule has 0 unspecified atom stereocenters. The highest BCUT2D eigenvalue weighted by atomic mass is 32.2. The summed E-state index contributed by atoms with van der Waals surface area (Å²) in [5.41, 5.74) is 0. The molecule has 2 amide bonds. The van der Waals surface area contributed by atoms with Gasteiger partial charge in [0.2, 0.25) is 22.1 Å². The van der Waals surface area contributed by atoms with Crippen LogP contribution in [0.15, 0.2) is 0 Å².